The second-order valence-corrected chi connectivity index (χ2v) is 8.04. The van der Waals surface area contributed by atoms with E-state index in [0.29, 0.717) is 37.6 Å². The van der Waals surface area contributed by atoms with Gasteiger partial charge in [-0.15, -0.1) is 0 Å². The average Bonchev–Trinajstić information content (AvgIpc) is 2.82. The fourth-order valence-corrected chi connectivity index (χ4v) is 3.72. The highest BCUT2D eigenvalue weighted by Gasteiger charge is 2.21. The molecule has 0 saturated carbocycles. The molecule has 1 aliphatic rings. The fourth-order valence-electron chi connectivity index (χ4n) is 3.12. The van der Waals surface area contributed by atoms with Gasteiger partial charge in [0.25, 0.3) is 5.91 Å². The number of aryl methyl sites for hydroxylation is 1. The molecule has 1 aliphatic heterocycles. The van der Waals surface area contributed by atoms with Gasteiger partial charge in [0.2, 0.25) is 0 Å². The van der Waals surface area contributed by atoms with Crippen LogP contribution >= 0.6 is 15.9 Å². The van der Waals surface area contributed by atoms with Crippen molar-refractivity contribution in [3.63, 3.8) is 0 Å². The summed E-state index contributed by atoms with van der Waals surface area (Å²) in [6, 6.07) is 12.2. The van der Waals surface area contributed by atoms with Crippen LogP contribution in [0.25, 0.3) is 6.08 Å². The number of methoxy groups -OCH3 is 1. The van der Waals surface area contributed by atoms with Crippen molar-refractivity contribution in [1.29, 1.82) is 5.26 Å². The van der Waals surface area contributed by atoms with E-state index in [1.807, 2.05) is 25.1 Å². The van der Waals surface area contributed by atoms with Crippen molar-refractivity contribution in [2.45, 2.75) is 6.92 Å². The molecule has 0 spiro atoms. The van der Waals surface area contributed by atoms with Crippen LogP contribution in [0.2, 0.25) is 0 Å². The van der Waals surface area contributed by atoms with E-state index >= 15 is 0 Å². The molecule has 3 rings (SSSR count). The van der Waals surface area contributed by atoms with Crippen molar-refractivity contribution >= 4 is 33.9 Å². The molecule has 1 fully saturated rings. The maximum atomic E-state index is 12.6. The summed E-state index contributed by atoms with van der Waals surface area (Å²) < 4.78 is 22.2. The Bertz CT molecular complexity index is 1100. The third kappa shape index (κ3) is 6.57. The van der Waals surface area contributed by atoms with Crippen LogP contribution in [-0.2, 0) is 14.3 Å². The molecule has 0 atom stereocenters. The Morgan fingerprint density at radius 2 is 1.88 bits per heavy atom. The molecule has 2 aromatic rings. The number of hydrogen-bond acceptors (Lipinski definition) is 7. The SMILES string of the molecule is COc1cc(/C=C(\C#N)C(=O)N2CCOCC2)ccc1OC(=O)COc1ccc(C)cc1Br. The molecule has 33 heavy (non-hydrogen) atoms. The average molecular weight is 515 g/mol. The number of amides is 1. The summed E-state index contributed by atoms with van der Waals surface area (Å²) in [4.78, 5) is 26.4. The third-order valence-corrected chi connectivity index (χ3v) is 5.42. The predicted molar refractivity (Wildman–Crippen MR) is 124 cm³/mol. The second-order valence-electron chi connectivity index (χ2n) is 7.18. The zero-order chi connectivity index (χ0) is 23.8. The van der Waals surface area contributed by atoms with Gasteiger partial charge >= 0.3 is 5.97 Å². The fraction of sp³-hybridized carbons (Fsp3) is 0.292. The highest BCUT2D eigenvalue weighted by atomic mass is 79.9. The minimum absolute atomic E-state index is 0.000715. The molecule has 2 aromatic carbocycles. The van der Waals surface area contributed by atoms with Crippen LogP contribution < -0.4 is 14.2 Å². The molecule has 1 heterocycles. The lowest BCUT2D eigenvalue weighted by Gasteiger charge is -2.26. The lowest BCUT2D eigenvalue weighted by atomic mass is 10.1. The van der Waals surface area contributed by atoms with Crippen LogP contribution in [0.4, 0.5) is 0 Å². The molecular formula is C24H23BrN2O6. The molecule has 0 aromatic heterocycles. The Hall–Kier alpha value is -3.35. The number of nitriles is 1. The van der Waals surface area contributed by atoms with E-state index in [1.54, 1.807) is 29.2 Å². The number of nitrogens with zero attached hydrogens (tertiary/aromatic N) is 2. The van der Waals surface area contributed by atoms with Gasteiger partial charge in [-0.25, -0.2) is 4.79 Å². The van der Waals surface area contributed by atoms with Crippen LogP contribution in [0.1, 0.15) is 11.1 Å². The smallest absolute Gasteiger partial charge is 0.349 e. The van der Waals surface area contributed by atoms with Crippen LogP contribution in [0.3, 0.4) is 0 Å². The first-order chi connectivity index (χ1) is 15.9. The lowest BCUT2D eigenvalue weighted by Crippen LogP contribution is -2.41. The summed E-state index contributed by atoms with van der Waals surface area (Å²) in [6.07, 6.45) is 1.48. The molecule has 1 saturated heterocycles. The van der Waals surface area contributed by atoms with Crippen molar-refractivity contribution in [3.05, 3.63) is 57.6 Å². The van der Waals surface area contributed by atoms with Crippen molar-refractivity contribution in [2.75, 3.05) is 40.0 Å². The number of benzene rings is 2. The molecule has 0 N–H and O–H groups in total. The number of morpholine rings is 1. The minimum Gasteiger partial charge on any atom is -0.493 e. The monoisotopic (exact) mass is 514 g/mol. The number of esters is 1. The van der Waals surface area contributed by atoms with E-state index in [1.165, 1.54) is 13.2 Å². The number of hydrogen-bond donors (Lipinski definition) is 0. The summed E-state index contributed by atoms with van der Waals surface area (Å²) in [6.45, 7) is 3.44. The Morgan fingerprint density at radius 1 is 1.15 bits per heavy atom. The molecule has 0 radical (unpaired) electrons. The van der Waals surface area contributed by atoms with Crippen LogP contribution in [0.5, 0.6) is 17.2 Å². The first-order valence-electron chi connectivity index (χ1n) is 10.2. The van der Waals surface area contributed by atoms with Gasteiger partial charge in [0.05, 0.1) is 24.8 Å². The number of carbonyl (C=O) groups excluding carboxylic acids is 2. The predicted octanol–water partition coefficient (Wildman–Crippen LogP) is 3.52. The number of halogens is 1. The van der Waals surface area contributed by atoms with E-state index in [0.717, 1.165) is 10.0 Å². The zero-order valence-electron chi connectivity index (χ0n) is 18.3. The van der Waals surface area contributed by atoms with Crippen LogP contribution in [-0.4, -0.2) is 56.8 Å². The quantitative estimate of drug-likeness (QED) is 0.241. The highest BCUT2D eigenvalue weighted by molar-refractivity contribution is 9.10. The zero-order valence-corrected chi connectivity index (χ0v) is 19.9. The summed E-state index contributed by atoms with van der Waals surface area (Å²) in [5.74, 6) is 0.0480. The number of ether oxygens (including phenoxy) is 4. The van der Waals surface area contributed by atoms with Crippen LogP contribution in [0, 0.1) is 18.3 Å². The highest BCUT2D eigenvalue weighted by Crippen LogP contribution is 2.30. The molecule has 1 amide bonds. The molecule has 0 bridgehead atoms. The molecular weight excluding hydrogens is 492 g/mol. The first-order valence-corrected chi connectivity index (χ1v) is 11.0. The molecule has 0 aliphatic carbocycles. The summed E-state index contributed by atoms with van der Waals surface area (Å²) >= 11 is 3.40. The van der Waals surface area contributed by atoms with Crippen molar-refractivity contribution in [2.24, 2.45) is 0 Å². The topological polar surface area (TPSA) is 98.1 Å². The van der Waals surface area contributed by atoms with Gasteiger partial charge in [-0.05, 0) is 64.3 Å². The van der Waals surface area contributed by atoms with E-state index in [9.17, 15) is 14.9 Å². The normalized spacial score (nSPS) is 13.8. The maximum Gasteiger partial charge on any atom is 0.349 e. The summed E-state index contributed by atoms with van der Waals surface area (Å²) in [5.41, 5.74) is 1.62. The van der Waals surface area contributed by atoms with E-state index in [4.69, 9.17) is 18.9 Å². The van der Waals surface area contributed by atoms with Gasteiger partial charge in [0.1, 0.15) is 17.4 Å². The Morgan fingerprint density at radius 3 is 2.55 bits per heavy atom. The van der Waals surface area contributed by atoms with Crippen molar-refractivity contribution < 1.29 is 28.5 Å². The van der Waals surface area contributed by atoms with Crippen molar-refractivity contribution in [3.8, 4) is 23.3 Å². The summed E-state index contributed by atoms with van der Waals surface area (Å²) in [7, 11) is 1.43. The Labute approximate surface area is 200 Å². The Balaban J connectivity index is 1.68. The van der Waals surface area contributed by atoms with Gasteiger partial charge in [0, 0.05) is 13.1 Å². The second kappa shape index (κ2) is 11.5. The van der Waals surface area contributed by atoms with Gasteiger partial charge in [-0.1, -0.05) is 12.1 Å². The molecule has 172 valence electrons. The summed E-state index contributed by atoms with van der Waals surface area (Å²) in [5, 5.41) is 9.46. The van der Waals surface area contributed by atoms with E-state index < -0.39 is 5.97 Å². The van der Waals surface area contributed by atoms with Gasteiger partial charge < -0.3 is 23.8 Å². The molecule has 9 heteroatoms. The van der Waals surface area contributed by atoms with Crippen LogP contribution in [0.15, 0.2) is 46.4 Å². The Kier molecular flexibility index (Phi) is 8.46. The molecule has 8 nitrogen and oxygen atoms in total. The van der Waals surface area contributed by atoms with E-state index in [-0.39, 0.29) is 29.6 Å². The van der Waals surface area contributed by atoms with Gasteiger partial charge in [-0.2, -0.15) is 5.26 Å². The largest absolute Gasteiger partial charge is 0.493 e. The van der Waals surface area contributed by atoms with E-state index in [2.05, 4.69) is 15.9 Å². The minimum atomic E-state index is -0.607. The molecule has 0 unspecified atom stereocenters. The van der Waals surface area contributed by atoms with Crippen molar-refractivity contribution in [1.82, 2.24) is 4.90 Å². The van der Waals surface area contributed by atoms with Gasteiger partial charge in [0.15, 0.2) is 18.1 Å². The maximum absolute atomic E-state index is 12.6. The van der Waals surface area contributed by atoms with Gasteiger partial charge in [-0.3, -0.25) is 4.79 Å². The first kappa shape index (κ1) is 24.3. The standard InChI is InChI=1S/C24H23BrN2O6/c1-16-3-5-20(19(25)11-16)32-15-23(28)33-21-6-4-17(13-22(21)30-2)12-18(14-26)24(29)27-7-9-31-10-8-27/h3-6,11-13H,7-10,15H2,1-2H3/b18-12+. The number of rotatable bonds is 7. The third-order valence-electron chi connectivity index (χ3n) is 4.80. The number of carbonyl (C=O) groups is 2. The lowest BCUT2D eigenvalue weighted by molar-refractivity contribution is -0.136.